The van der Waals surface area contributed by atoms with E-state index < -0.39 is 0 Å². The Balaban J connectivity index is 2.11. The number of rotatable bonds is 2. The highest BCUT2D eigenvalue weighted by Crippen LogP contribution is 2.36. The van der Waals surface area contributed by atoms with Gasteiger partial charge in [0.2, 0.25) is 0 Å². The number of halogens is 2. The van der Waals surface area contributed by atoms with Crippen molar-refractivity contribution in [2.75, 3.05) is 0 Å². The van der Waals surface area contributed by atoms with Crippen molar-refractivity contribution in [2.24, 2.45) is 0 Å². The zero-order valence-corrected chi connectivity index (χ0v) is 12.7. The Labute approximate surface area is 130 Å². The molecule has 2 heteroatoms. The molecule has 20 heavy (non-hydrogen) atoms. The SMILES string of the molecule is Clc1ccc(C(=C2CCCC2)c2ccc(Cl)cc2)cc1. The van der Waals surface area contributed by atoms with Crippen LogP contribution in [0.3, 0.4) is 0 Å². The van der Waals surface area contributed by atoms with E-state index in [1.54, 1.807) is 5.57 Å². The first-order chi connectivity index (χ1) is 9.74. The zero-order valence-electron chi connectivity index (χ0n) is 11.2. The summed E-state index contributed by atoms with van der Waals surface area (Å²) < 4.78 is 0. The predicted octanol–water partition coefficient (Wildman–Crippen LogP) is 6.37. The van der Waals surface area contributed by atoms with Gasteiger partial charge in [-0.2, -0.15) is 0 Å². The Kier molecular flexibility index (Phi) is 4.14. The molecule has 2 aromatic carbocycles. The van der Waals surface area contributed by atoms with Gasteiger partial charge in [0.25, 0.3) is 0 Å². The molecule has 0 nitrogen and oxygen atoms in total. The summed E-state index contributed by atoms with van der Waals surface area (Å²) in [5, 5.41) is 1.56. The van der Waals surface area contributed by atoms with E-state index in [1.807, 2.05) is 24.3 Å². The molecule has 0 amide bonds. The minimum absolute atomic E-state index is 0.778. The van der Waals surface area contributed by atoms with Crippen molar-refractivity contribution in [1.29, 1.82) is 0 Å². The van der Waals surface area contributed by atoms with Crippen molar-refractivity contribution >= 4 is 28.8 Å². The molecule has 0 atom stereocenters. The van der Waals surface area contributed by atoms with Crippen LogP contribution in [0, 0.1) is 0 Å². The molecule has 0 radical (unpaired) electrons. The lowest BCUT2D eigenvalue weighted by molar-refractivity contribution is 0.886. The highest BCUT2D eigenvalue weighted by atomic mass is 35.5. The maximum Gasteiger partial charge on any atom is 0.0406 e. The van der Waals surface area contributed by atoms with Gasteiger partial charge in [-0.25, -0.2) is 0 Å². The van der Waals surface area contributed by atoms with Gasteiger partial charge in [-0.1, -0.05) is 53.0 Å². The second-order valence-corrected chi connectivity index (χ2v) is 6.07. The van der Waals surface area contributed by atoms with E-state index in [9.17, 15) is 0 Å². The first kappa shape index (κ1) is 13.7. The second kappa shape index (κ2) is 6.03. The molecule has 0 saturated heterocycles. The average Bonchev–Trinajstić information content (AvgIpc) is 2.97. The Bertz CT molecular complexity index is 566. The average molecular weight is 303 g/mol. The van der Waals surface area contributed by atoms with Gasteiger partial charge in [0.05, 0.1) is 0 Å². The van der Waals surface area contributed by atoms with Crippen LogP contribution in [0.5, 0.6) is 0 Å². The minimum atomic E-state index is 0.778. The molecule has 0 N–H and O–H groups in total. The molecule has 0 heterocycles. The van der Waals surface area contributed by atoms with E-state index in [-0.39, 0.29) is 0 Å². The van der Waals surface area contributed by atoms with E-state index in [1.165, 1.54) is 42.4 Å². The summed E-state index contributed by atoms with van der Waals surface area (Å²) in [5.41, 5.74) is 5.40. The monoisotopic (exact) mass is 302 g/mol. The third-order valence-corrected chi connectivity index (χ3v) is 4.33. The zero-order chi connectivity index (χ0) is 13.9. The fraction of sp³-hybridized carbons (Fsp3) is 0.222. The van der Waals surface area contributed by atoms with Crippen LogP contribution >= 0.6 is 23.2 Å². The van der Waals surface area contributed by atoms with Gasteiger partial charge in [-0.05, 0) is 66.6 Å². The molecule has 1 aliphatic carbocycles. The van der Waals surface area contributed by atoms with Gasteiger partial charge in [0, 0.05) is 10.0 Å². The summed E-state index contributed by atoms with van der Waals surface area (Å²) in [4.78, 5) is 0. The first-order valence-corrected chi connectivity index (χ1v) is 7.73. The Hall–Kier alpha value is -1.24. The first-order valence-electron chi connectivity index (χ1n) is 6.98. The van der Waals surface area contributed by atoms with Gasteiger partial charge in [0.15, 0.2) is 0 Å². The fourth-order valence-electron chi connectivity index (χ4n) is 2.86. The lowest BCUT2D eigenvalue weighted by atomic mass is 9.92. The van der Waals surface area contributed by atoms with Crippen LogP contribution in [0.4, 0.5) is 0 Å². The summed E-state index contributed by atoms with van der Waals surface area (Å²) in [5.74, 6) is 0. The molecule has 0 aliphatic heterocycles. The lowest BCUT2D eigenvalue weighted by Crippen LogP contribution is -1.92. The van der Waals surface area contributed by atoms with E-state index in [2.05, 4.69) is 24.3 Å². The van der Waals surface area contributed by atoms with Crippen molar-refractivity contribution < 1.29 is 0 Å². The largest absolute Gasteiger partial charge is 0.0843 e. The third-order valence-electron chi connectivity index (χ3n) is 3.83. The van der Waals surface area contributed by atoms with Crippen LogP contribution in [-0.2, 0) is 0 Å². The normalized spacial score (nSPS) is 14.6. The summed E-state index contributed by atoms with van der Waals surface area (Å²) in [7, 11) is 0. The molecular formula is C18H16Cl2. The van der Waals surface area contributed by atoms with Crippen LogP contribution in [0.25, 0.3) is 5.57 Å². The molecule has 3 rings (SSSR count). The molecule has 0 spiro atoms. The molecule has 1 fully saturated rings. The molecule has 0 unspecified atom stereocenters. The quantitative estimate of drug-likeness (QED) is 0.604. The van der Waals surface area contributed by atoms with E-state index in [4.69, 9.17) is 23.2 Å². The van der Waals surface area contributed by atoms with Crippen molar-refractivity contribution in [3.63, 3.8) is 0 Å². The molecule has 1 aliphatic rings. The summed E-state index contributed by atoms with van der Waals surface area (Å²) in [6, 6.07) is 16.3. The highest BCUT2D eigenvalue weighted by molar-refractivity contribution is 6.31. The van der Waals surface area contributed by atoms with Crippen molar-refractivity contribution in [2.45, 2.75) is 25.7 Å². The lowest BCUT2D eigenvalue weighted by Gasteiger charge is -2.13. The summed E-state index contributed by atoms with van der Waals surface area (Å²) in [6.07, 6.45) is 4.97. The van der Waals surface area contributed by atoms with E-state index in [0.29, 0.717) is 0 Å². The van der Waals surface area contributed by atoms with Crippen LogP contribution in [-0.4, -0.2) is 0 Å². The third kappa shape index (κ3) is 2.92. The second-order valence-electron chi connectivity index (χ2n) is 5.20. The Morgan fingerprint density at radius 3 is 1.45 bits per heavy atom. The van der Waals surface area contributed by atoms with E-state index >= 15 is 0 Å². The van der Waals surface area contributed by atoms with Crippen molar-refractivity contribution in [3.05, 3.63) is 75.3 Å². The molecule has 0 aromatic heterocycles. The summed E-state index contributed by atoms with van der Waals surface area (Å²) in [6.45, 7) is 0. The topological polar surface area (TPSA) is 0 Å². The predicted molar refractivity (Wildman–Crippen MR) is 87.4 cm³/mol. The number of hydrogen-bond acceptors (Lipinski definition) is 0. The smallest absolute Gasteiger partial charge is 0.0406 e. The van der Waals surface area contributed by atoms with Crippen molar-refractivity contribution in [1.82, 2.24) is 0 Å². The number of allylic oxidation sites excluding steroid dienone is 1. The molecule has 102 valence electrons. The van der Waals surface area contributed by atoms with Gasteiger partial charge in [-0.15, -0.1) is 0 Å². The van der Waals surface area contributed by atoms with Gasteiger partial charge in [0.1, 0.15) is 0 Å². The molecule has 0 bridgehead atoms. The highest BCUT2D eigenvalue weighted by Gasteiger charge is 2.15. The Morgan fingerprint density at radius 1 is 0.650 bits per heavy atom. The van der Waals surface area contributed by atoms with Crippen molar-refractivity contribution in [3.8, 4) is 0 Å². The summed E-state index contributed by atoms with van der Waals surface area (Å²) >= 11 is 12.0. The number of hydrogen-bond donors (Lipinski definition) is 0. The van der Waals surface area contributed by atoms with E-state index in [0.717, 1.165) is 10.0 Å². The Morgan fingerprint density at radius 2 is 1.05 bits per heavy atom. The molecule has 2 aromatic rings. The molecular weight excluding hydrogens is 287 g/mol. The maximum absolute atomic E-state index is 6.01. The van der Waals surface area contributed by atoms with Gasteiger partial charge >= 0.3 is 0 Å². The van der Waals surface area contributed by atoms with Crippen LogP contribution < -0.4 is 0 Å². The standard InChI is InChI=1S/C18H16Cl2/c19-16-9-5-14(6-10-16)18(13-3-1-2-4-13)15-7-11-17(20)12-8-15/h5-12H,1-4H2. The maximum atomic E-state index is 6.01. The minimum Gasteiger partial charge on any atom is -0.0843 e. The van der Waals surface area contributed by atoms with Crippen LogP contribution in [0.15, 0.2) is 54.1 Å². The van der Waals surface area contributed by atoms with Gasteiger partial charge in [-0.3, -0.25) is 0 Å². The molecule has 1 saturated carbocycles. The fourth-order valence-corrected chi connectivity index (χ4v) is 3.11. The van der Waals surface area contributed by atoms with Gasteiger partial charge < -0.3 is 0 Å². The number of benzene rings is 2. The van der Waals surface area contributed by atoms with Crippen LogP contribution in [0.1, 0.15) is 36.8 Å². The van der Waals surface area contributed by atoms with Crippen LogP contribution in [0.2, 0.25) is 10.0 Å².